The SMILES string of the molecule is COc1ccc2nc(Nc3cc(C(=O)O)ccn3)sc2c1. The number of carbonyl (C=O) groups is 1. The smallest absolute Gasteiger partial charge is 0.335 e. The van der Waals surface area contributed by atoms with Crippen LogP contribution in [0.3, 0.4) is 0 Å². The van der Waals surface area contributed by atoms with Gasteiger partial charge < -0.3 is 15.2 Å². The van der Waals surface area contributed by atoms with E-state index in [0.717, 1.165) is 16.0 Å². The van der Waals surface area contributed by atoms with Gasteiger partial charge in [0.1, 0.15) is 11.6 Å². The average molecular weight is 301 g/mol. The third-order valence-corrected chi connectivity index (χ3v) is 3.77. The van der Waals surface area contributed by atoms with Crippen LogP contribution in [0.1, 0.15) is 10.4 Å². The third-order valence-electron chi connectivity index (χ3n) is 2.84. The molecule has 0 aliphatic carbocycles. The summed E-state index contributed by atoms with van der Waals surface area (Å²) in [6.07, 6.45) is 1.45. The van der Waals surface area contributed by atoms with E-state index in [1.165, 1.54) is 29.7 Å². The standard InChI is InChI=1S/C14H11N3O3S/c1-20-9-2-3-10-11(7-9)21-14(16-10)17-12-6-8(13(18)19)4-5-15-12/h2-7H,1H3,(H,18,19)(H,15,16,17). The summed E-state index contributed by atoms with van der Waals surface area (Å²) < 4.78 is 6.15. The second kappa shape index (κ2) is 5.37. The van der Waals surface area contributed by atoms with E-state index in [-0.39, 0.29) is 5.56 Å². The molecule has 2 N–H and O–H groups in total. The van der Waals surface area contributed by atoms with E-state index in [1.54, 1.807) is 7.11 Å². The van der Waals surface area contributed by atoms with Gasteiger partial charge in [-0.05, 0) is 30.3 Å². The normalized spacial score (nSPS) is 10.5. The van der Waals surface area contributed by atoms with Crippen LogP contribution in [0.4, 0.5) is 10.9 Å². The molecule has 2 aromatic heterocycles. The number of nitrogens with zero attached hydrogens (tertiary/aromatic N) is 2. The van der Waals surface area contributed by atoms with Crippen molar-refractivity contribution in [1.82, 2.24) is 9.97 Å². The maximum atomic E-state index is 10.9. The van der Waals surface area contributed by atoms with Gasteiger partial charge in [0.25, 0.3) is 0 Å². The van der Waals surface area contributed by atoms with Crippen molar-refractivity contribution in [2.45, 2.75) is 0 Å². The number of hydrogen-bond acceptors (Lipinski definition) is 6. The van der Waals surface area contributed by atoms with Crippen molar-refractivity contribution in [3.05, 3.63) is 42.1 Å². The molecule has 0 radical (unpaired) electrons. The van der Waals surface area contributed by atoms with Gasteiger partial charge in [0.15, 0.2) is 5.13 Å². The highest BCUT2D eigenvalue weighted by Crippen LogP contribution is 2.30. The summed E-state index contributed by atoms with van der Waals surface area (Å²) in [7, 11) is 1.61. The monoisotopic (exact) mass is 301 g/mol. The highest BCUT2D eigenvalue weighted by atomic mass is 32.1. The Labute approximate surface area is 124 Å². The highest BCUT2D eigenvalue weighted by molar-refractivity contribution is 7.22. The fourth-order valence-electron chi connectivity index (χ4n) is 1.83. The summed E-state index contributed by atoms with van der Waals surface area (Å²) in [5.41, 5.74) is 1.02. The number of carboxylic acids is 1. The molecule has 7 heteroatoms. The number of aromatic nitrogens is 2. The molecule has 21 heavy (non-hydrogen) atoms. The van der Waals surface area contributed by atoms with Crippen molar-refractivity contribution in [3.8, 4) is 5.75 Å². The third kappa shape index (κ3) is 2.77. The van der Waals surface area contributed by atoms with E-state index in [9.17, 15) is 4.79 Å². The first-order chi connectivity index (χ1) is 10.2. The molecule has 0 bridgehead atoms. The number of hydrogen-bond donors (Lipinski definition) is 2. The fraction of sp³-hybridized carbons (Fsp3) is 0.0714. The van der Waals surface area contributed by atoms with E-state index in [1.807, 2.05) is 18.2 Å². The number of anilines is 2. The van der Waals surface area contributed by atoms with Crippen molar-refractivity contribution >= 4 is 38.5 Å². The average Bonchev–Trinajstić information content (AvgIpc) is 2.88. The maximum Gasteiger partial charge on any atom is 0.335 e. The van der Waals surface area contributed by atoms with Gasteiger partial charge in [-0.1, -0.05) is 11.3 Å². The summed E-state index contributed by atoms with van der Waals surface area (Å²) in [4.78, 5) is 19.4. The Morgan fingerprint density at radius 3 is 2.95 bits per heavy atom. The first-order valence-corrected chi connectivity index (χ1v) is 6.88. The predicted molar refractivity (Wildman–Crippen MR) is 80.7 cm³/mol. The Morgan fingerprint density at radius 2 is 2.19 bits per heavy atom. The number of fused-ring (bicyclic) bond motifs is 1. The van der Waals surface area contributed by atoms with Gasteiger partial charge in [-0.15, -0.1) is 0 Å². The second-order valence-electron chi connectivity index (χ2n) is 4.21. The molecule has 0 saturated carbocycles. The summed E-state index contributed by atoms with van der Waals surface area (Å²) in [5, 5.41) is 12.6. The number of rotatable bonds is 4. The molecule has 3 aromatic rings. The highest BCUT2D eigenvalue weighted by Gasteiger charge is 2.08. The van der Waals surface area contributed by atoms with Gasteiger partial charge in [-0.25, -0.2) is 14.8 Å². The Kier molecular flexibility index (Phi) is 3.41. The zero-order valence-electron chi connectivity index (χ0n) is 11.0. The minimum atomic E-state index is -0.991. The number of nitrogens with one attached hydrogen (secondary N) is 1. The minimum absolute atomic E-state index is 0.176. The molecule has 6 nitrogen and oxygen atoms in total. The first kappa shape index (κ1) is 13.3. The van der Waals surface area contributed by atoms with Crippen LogP contribution in [0.2, 0.25) is 0 Å². The predicted octanol–water partition coefficient (Wildman–Crippen LogP) is 3.14. The van der Waals surface area contributed by atoms with Crippen LogP contribution >= 0.6 is 11.3 Å². The van der Waals surface area contributed by atoms with Crippen LogP contribution < -0.4 is 10.1 Å². The van der Waals surface area contributed by atoms with Gasteiger partial charge in [-0.2, -0.15) is 0 Å². The van der Waals surface area contributed by atoms with Gasteiger partial charge in [0.05, 0.1) is 22.9 Å². The van der Waals surface area contributed by atoms with Crippen LogP contribution in [0, 0.1) is 0 Å². The summed E-state index contributed by atoms with van der Waals surface area (Å²) in [6, 6.07) is 8.52. The maximum absolute atomic E-state index is 10.9. The molecule has 0 amide bonds. The van der Waals surface area contributed by atoms with E-state index in [2.05, 4.69) is 15.3 Å². The lowest BCUT2D eigenvalue weighted by atomic mass is 10.3. The number of carboxylic acid groups (broad SMARTS) is 1. The minimum Gasteiger partial charge on any atom is -0.497 e. The molecule has 0 saturated heterocycles. The van der Waals surface area contributed by atoms with Gasteiger partial charge in [0, 0.05) is 6.20 Å². The van der Waals surface area contributed by atoms with Crippen LogP contribution in [0.25, 0.3) is 10.2 Å². The summed E-state index contributed by atoms with van der Waals surface area (Å²) >= 11 is 1.45. The van der Waals surface area contributed by atoms with Crippen molar-refractivity contribution in [2.75, 3.05) is 12.4 Å². The molecule has 0 aliphatic rings. The van der Waals surface area contributed by atoms with Crippen LogP contribution in [-0.2, 0) is 0 Å². The molecule has 106 valence electrons. The number of aromatic carboxylic acids is 1. The molecular weight excluding hydrogens is 290 g/mol. The number of thiazole rings is 1. The lowest BCUT2D eigenvalue weighted by molar-refractivity contribution is 0.0697. The van der Waals surface area contributed by atoms with Crippen LogP contribution in [-0.4, -0.2) is 28.2 Å². The molecule has 1 aromatic carbocycles. The molecular formula is C14H11N3O3S. The van der Waals surface area contributed by atoms with Gasteiger partial charge in [0.2, 0.25) is 0 Å². The van der Waals surface area contributed by atoms with Crippen LogP contribution in [0.15, 0.2) is 36.5 Å². The summed E-state index contributed by atoms with van der Waals surface area (Å²) in [6.45, 7) is 0. The van der Waals surface area contributed by atoms with Crippen molar-refractivity contribution in [2.24, 2.45) is 0 Å². The Balaban J connectivity index is 1.91. The Morgan fingerprint density at radius 1 is 1.33 bits per heavy atom. The molecule has 3 rings (SSSR count). The largest absolute Gasteiger partial charge is 0.497 e. The topological polar surface area (TPSA) is 84.3 Å². The number of pyridine rings is 1. The number of benzene rings is 1. The molecule has 0 spiro atoms. The zero-order chi connectivity index (χ0) is 14.8. The van der Waals surface area contributed by atoms with Gasteiger partial charge in [-0.3, -0.25) is 0 Å². The molecule has 0 aliphatic heterocycles. The van der Waals surface area contributed by atoms with Crippen molar-refractivity contribution in [1.29, 1.82) is 0 Å². The Bertz CT molecular complexity index is 816. The Hall–Kier alpha value is -2.67. The zero-order valence-corrected chi connectivity index (χ0v) is 11.8. The van der Waals surface area contributed by atoms with E-state index >= 15 is 0 Å². The molecule has 0 atom stereocenters. The van der Waals surface area contributed by atoms with E-state index in [0.29, 0.717) is 10.9 Å². The molecule has 2 heterocycles. The fourth-order valence-corrected chi connectivity index (χ4v) is 2.73. The summed E-state index contributed by atoms with van der Waals surface area (Å²) in [5.74, 6) is 0.221. The molecule has 0 unspecified atom stereocenters. The van der Waals surface area contributed by atoms with Crippen molar-refractivity contribution in [3.63, 3.8) is 0 Å². The quantitative estimate of drug-likeness (QED) is 0.770. The second-order valence-corrected chi connectivity index (χ2v) is 5.24. The van der Waals surface area contributed by atoms with E-state index < -0.39 is 5.97 Å². The van der Waals surface area contributed by atoms with Crippen LogP contribution in [0.5, 0.6) is 5.75 Å². The van der Waals surface area contributed by atoms with E-state index in [4.69, 9.17) is 9.84 Å². The lowest BCUT2D eigenvalue weighted by Gasteiger charge is -2.01. The number of methoxy groups -OCH3 is 1. The van der Waals surface area contributed by atoms with Crippen molar-refractivity contribution < 1.29 is 14.6 Å². The van der Waals surface area contributed by atoms with Gasteiger partial charge >= 0.3 is 5.97 Å². The first-order valence-electron chi connectivity index (χ1n) is 6.06. The lowest BCUT2D eigenvalue weighted by Crippen LogP contribution is -1.99. The molecule has 0 fully saturated rings. The number of ether oxygens (including phenoxy) is 1.